The maximum Gasteiger partial charge on any atom is 0.416 e. The number of ether oxygens (including phenoxy) is 1. The molecule has 1 N–H and O–H groups in total. The lowest BCUT2D eigenvalue weighted by Crippen LogP contribution is -2.40. The third-order valence-electron chi connectivity index (χ3n) is 6.45. The number of hydrogen-bond acceptors (Lipinski definition) is 5. The third kappa shape index (κ3) is 4.66. The highest BCUT2D eigenvalue weighted by Crippen LogP contribution is 2.44. The van der Waals surface area contributed by atoms with Gasteiger partial charge in [-0.25, -0.2) is 0 Å². The van der Waals surface area contributed by atoms with Crippen molar-refractivity contribution in [2.45, 2.75) is 37.3 Å². The molecule has 7 nitrogen and oxygen atoms in total. The fourth-order valence-electron chi connectivity index (χ4n) is 4.66. The molecule has 33 heavy (non-hydrogen) atoms. The lowest BCUT2D eigenvalue weighted by molar-refractivity contribution is -0.384. The second kappa shape index (κ2) is 9.01. The number of carbonyl (C=O) groups excluding carboxylic acids is 1. The molecule has 10 heteroatoms. The van der Waals surface area contributed by atoms with Gasteiger partial charge in [0.25, 0.3) is 5.69 Å². The van der Waals surface area contributed by atoms with E-state index in [1.807, 2.05) is 4.90 Å². The van der Waals surface area contributed by atoms with Crippen molar-refractivity contribution in [2.75, 3.05) is 36.5 Å². The summed E-state index contributed by atoms with van der Waals surface area (Å²) in [5.74, 6) is -0.400. The number of non-ortho nitro benzene ring substituents is 1. The van der Waals surface area contributed by atoms with Crippen molar-refractivity contribution in [3.8, 4) is 0 Å². The Morgan fingerprint density at radius 3 is 2.27 bits per heavy atom. The van der Waals surface area contributed by atoms with Crippen LogP contribution in [0.1, 0.15) is 36.8 Å². The molecule has 4 rings (SSSR count). The quantitative estimate of drug-likeness (QED) is 0.504. The highest BCUT2D eigenvalue weighted by molar-refractivity contribution is 6.01. The maximum atomic E-state index is 13.6. The SMILES string of the molecule is O=C(Nc1cc(C(F)(F)F)ccc1N1CCOCC1)C1(c2ccc([N+](=O)[O-])cc2)CCCC1. The molecule has 1 aliphatic carbocycles. The number of morpholine rings is 1. The van der Waals surface area contributed by atoms with Gasteiger partial charge in [0.2, 0.25) is 5.91 Å². The minimum absolute atomic E-state index is 0.0835. The summed E-state index contributed by atoms with van der Waals surface area (Å²) in [6.07, 6.45) is -1.95. The van der Waals surface area contributed by atoms with Crippen molar-refractivity contribution in [2.24, 2.45) is 0 Å². The van der Waals surface area contributed by atoms with Gasteiger partial charge in [0.05, 0.1) is 40.5 Å². The van der Waals surface area contributed by atoms with E-state index in [-0.39, 0.29) is 11.4 Å². The van der Waals surface area contributed by atoms with Gasteiger partial charge in [0.15, 0.2) is 0 Å². The lowest BCUT2D eigenvalue weighted by Gasteiger charge is -2.33. The number of nitro groups is 1. The Morgan fingerprint density at radius 1 is 1.06 bits per heavy atom. The standard InChI is InChI=1S/C23H24F3N3O4/c24-23(25,26)17-5-8-20(28-11-13-33-14-12-28)19(15-17)27-21(30)22(9-1-2-10-22)16-3-6-18(7-4-16)29(31)32/h3-8,15H,1-2,9-14H2,(H,27,30). The Balaban J connectivity index is 1.69. The minimum Gasteiger partial charge on any atom is -0.378 e. The molecule has 0 atom stereocenters. The van der Waals surface area contributed by atoms with E-state index < -0.39 is 28.0 Å². The number of carbonyl (C=O) groups is 1. The molecule has 1 saturated carbocycles. The summed E-state index contributed by atoms with van der Waals surface area (Å²) in [7, 11) is 0. The van der Waals surface area contributed by atoms with Crippen LogP contribution in [0.15, 0.2) is 42.5 Å². The van der Waals surface area contributed by atoms with E-state index >= 15 is 0 Å². The van der Waals surface area contributed by atoms with E-state index in [4.69, 9.17) is 4.74 Å². The van der Waals surface area contributed by atoms with E-state index in [0.29, 0.717) is 50.4 Å². The molecule has 0 aromatic heterocycles. The number of hydrogen-bond donors (Lipinski definition) is 1. The topological polar surface area (TPSA) is 84.7 Å². The van der Waals surface area contributed by atoms with Crippen LogP contribution in [-0.4, -0.2) is 37.1 Å². The van der Waals surface area contributed by atoms with E-state index in [1.165, 1.54) is 18.2 Å². The van der Waals surface area contributed by atoms with Crippen molar-refractivity contribution >= 4 is 23.0 Å². The molecule has 0 bridgehead atoms. The van der Waals surface area contributed by atoms with Gasteiger partial charge in [-0.2, -0.15) is 13.2 Å². The summed E-state index contributed by atoms with van der Waals surface area (Å²) in [5.41, 5.74) is -0.638. The zero-order valence-electron chi connectivity index (χ0n) is 17.9. The summed E-state index contributed by atoms with van der Waals surface area (Å²) in [6.45, 7) is 1.89. The molecule has 1 aliphatic heterocycles. The van der Waals surface area contributed by atoms with Crippen LogP contribution in [0.4, 0.5) is 30.2 Å². The predicted molar refractivity (Wildman–Crippen MR) is 116 cm³/mol. The molecular formula is C23H24F3N3O4. The Morgan fingerprint density at radius 2 is 1.70 bits per heavy atom. The number of nitrogens with one attached hydrogen (secondary N) is 1. The maximum absolute atomic E-state index is 13.6. The van der Waals surface area contributed by atoms with Crippen molar-refractivity contribution in [3.63, 3.8) is 0 Å². The molecule has 0 unspecified atom stereocenters. The number of nitrogens with zero attached hydrogens (tertiary/aromatic N) is 2. The Hall–Kier alpha value is -3.14. The molecule has 2 aromatic carbocycles. The van der Waals surface area contributed by atoms with Gasteiger partial charge in [-0.3, -0.25) is 14.9 Å². The predicted octanol–water partition coefficient (Wildman–Crippen LogP) is 4.90. The van der Waals surface area contributed by atoms with Crippen LogP contribution >= 0.6 is 0 Å². The molecule has 1 heterocycles. The van der Waals surface area contributed by atoms with E-state index in [0.717, 1.165) is 25.0 Å². The largest absolute Gasteiger partial charge is 0.416 e. The third-order valence-corrected chi connectivity index (χ3v) is 6.45. The highest BCUT2D eigenvalue weighted by Gasteiger charge is 2.43. The molecule has 2 aromatic rings. The smallest absolute Gasteiger partial charge is 0.378 e. The first kappa shape index (κ1) is 23.0. The fourth-order valence-corrected chi connectivity index (χ4v) is 4.66. The average molecular weight is 463 g/mol. The van der Waals surface area contributed by atoms with Gasteiger partial charge in [0, 0.05) is 25.2 Å². The van der Waals surface area contributed by atoms with E-state index in [2.05, 4.69) is 5.32 Å². The Labute approximate surface area is 188 Å². The number of benzene rings is 2. The normalized spacial score (nSPS) is 18.2. The van der Waals surface area contributed by atoms with Crippen LogP contribution in [0.25, 0.3) is 0 Å². The zero-order valence-corrected chi connectivity index (χ0v) is 17.9. The van der Waals surface area contributed by atoms with Crippen molar-refractivity contribution in [1.29, 1.82) is 0 Å². The lowest BCUT2D eigenvalue weighted by atomic mass is 9.78. The molecule has 0 spiro atoms. The van der Waals surface area contributed by atoms with Crippen LogP contribution in [0.3, 0.4) is 0 Å². The van der Waals surface area contributed by atoms with Gasteiger partial charge in [-0.15, -0.1) is 0 Å². The zero-order chi connectivity index (χ0) is 23.6. The average Bonchev–Trinajstić information content (AvgIpc) is 3.30. The van der Waals surface area contributed by atoms with Crippen molar-refractivity contribution in [1.82, 2.24) is 0 Å². The summed E-state index contributed by atoms with van der Waals surface area (Å²) in [5, 5.41) is 13.8. The first-order valence-electron chi connectivity index (χ1n) is 10.8. The Bertz CT molecular complexity index is 1030. The van der Waals surface area contributed by atoms with Crippen LogP contribution in [-0.2, 0) is 21.1 Å². The van der Waals surface area contributed by atoms with Gasteiger partial charge in [-0.1, -0.05) is 25.0 Å². The molecule has 0 radical (unpaired) electrons. The summed E-state index contributed by atoms with van der Waals surface area (Å²) >= 11 is 0. The van der Waals surface area contributed by atoms with E-state index in [9.17, 15) is 28.1 Å². The summed E-state index contributed by atoms with van der Waals surface area (Å²) in [4.78, 5) is 26.0. The molecule has 2 fully saturated rings. The summed E-state index contributed by atoms with van der Waals surface area (Å²) < 4.78 is 45.6. The van der Waals surface area contributed by atoms with Crippen molar-refractivity contribution in [3.05, 3.63) is 63.7 Å². The number of halogens is 3. The van der Waals surface area contributed by atoms with Crippen molar-refractivity contribution < 1.29 is 27.6 Å². The number of rotatable bonds is 5. The Kier molecular flexibility index (Phi) is 6.29. The first-order valence-corrected chi connectivity index (χ1v) is 10.8. The first-order chi connectivity index (χ1) is 15.7. The van der Waals surface area contributed by atoms with Gasteiger partial charge in [-0.05, 0) is 36.6 Å². The van der Waals surface area contributed by atoms with Crippen LogP contribution in [0, 0.1) is 10.1 Å². The fraction of sp³-hybridized carbons (Fsp3) is 0.435. The van der Waals surface area contributed by atoms with Gasteiger partial charge >= 0.3 is 6.18 Å². The highest BCUT2D eigenvalue weighted by atomic mass is 19.4. The molecule has 176 valence electrons. The number of amides is 1. The minimum atomic E-state index is -4.55. The van der Waals surface area contributed by atoms with Gasteiger partial charge < -0.3 is 15.0 Å². The van der Waals surface area contributed by atoms with Crippen LogP contribution in [0.2, 0.25) is 0 Å². The number of nitro benzene ring substituents is 1. The monoisotopic (exact) mass is 463 g/mol. The van der Waals surface area contributed by atoms with E-state index in [1.54, 1.807) is 12.1 Å². The van der Waals surface area contributed by atoms with Crippen LogP contribution < -0.4 is 10.2 Å². The number of anilines is 2. The van der Waals surface area contributed by atoms with Crippen LogP contribution in [0.5, 0.6) is 0 Å². The second-order valence-electron chi connectivity index (χ2n) is 8.38. The molecule has 1 amide bonds. The van der Waals surface area contributed by atoms with Gasteiger partial charge in [0.1, 0.15) is 0 Å². The molecule has 2 aliphatic rings. The molecule has 1 saturated heterocycles. The molecular weight excluding hydrogens is 439 g/mol. The summed E-state index contributed by atoms with van der Waals surface area (Å²) in [6, 6.07) is 9.22. The second-order valence-corrected chi connectivity index (χ2v) is 8.38. The number of alkyl halides is 3.